The monoisotopic (exact) mass is 193 g/mol. The predicted octanol–water partition coefficient (Wildman–Crippen LogP) is 1.46. The van der Waals surface area contributed by atoms with Crippen LogP contribution in [0.2, 0.25) is 0 Å². The fourth-order valence-electron chi connectivity index (χ4n) is 2.66. The summed E-state index contributed by atoms with van der Waals surface area (Å²) < 4.78 is 0. The van der Waals surface area contributed by atoms with E-state index in [1.807, 2.05) is 12.3 Å². The second kappa shape index (κ2) is 4.26. The van der Waals surface area contributed by atoms with Gasteiger partial charge in [0.15, 0.2) is 0 Å². The zero-order chi connectivity index (χ0) is 9.97. The first-order valence-corrected chi connectivity index (χ1v) is 5.82. The maximum absolute atomic E-state index is 4.35. The molecule has 0 saturated heterocycles. The number of quaternary nitrogens is 1. The van der Waals surface area contributed by atoms with Crippen LogP contribution in [0.3, 0.4) is 0 Å². The van der Waals surface area contributed by atoms with E-state index >= 15 is 0 Å². The van der Waals surface area contributed by atoms with Gasteiger partial charge in [-0.25, -0.2) is 0 Å². The summed E-state index contributed by atoms with van der Waals surface area (Å²) in [4.78, 5) is 0. The van der Waals surface area contributed by atoms with Crippen LogP contribution >= 0.6 is 0 Å². The molecule has 78 valence electrons. The Kier molecular flexibility index (Phi) is 3.02. The molecule has 2 nitrogen and oxygen atoms in total. The maximum Gasteiger partial charge on any atom is 0.122 e. The van der Waals surface area contributed by atoms with Gasteiger partial charge in [-0.15, -0.1) is 0 Å². The molecule has 0 aromatic rings. The van der Waals surface area contributed by atoms with E-state index in [0.29, 0.717) is 0 Å². The second-order valence-electron chi connectivity index (χ2n) is 5.02. The molecule has 0 radical (unpaired) electrons. The van der Waals surface area contributed by atoms with Crippen LogP contribution in [0, 0.1) is 17.8 Å². The standard InChI is InChI=1S/C12H20N2/c1-10(2)12-5-4-11(8-12)9-14-7-3-6-13-14/h3,6-7,10-12H,4-5,8-9H2,1-2H3/p+1. The van der Waals surface area contributed by atoms with E-state index in [4.69, 9.17) is 0 Å². The van der Waals surface area contributed by atoms with Crippen molar-refractivity contribution in [1.82, 2.24) is 0 Å². The van der Waals surface area contributed by atoms with Crippen LogP contribution in [0.15, 0.2) is 17.4 Å². The van der Waals surface area contributed by atoms with Crippen molar-refractivity contribution in [2.45, 2.75) is 33.1 Å². The van der Waals surface area contributed by atoms with E-state index in [-0.39, 0.29) is 0 Å². The fraction of sp³-hybridized carbons (Fsp3) is 0.750. The van der Waals surface area contributed by atoms with Gasteiger partial charge in [-0.1, -0.05) is 18.9 Å². The predicted molar refractivity (Wildman–Crippen MR) is 59.1 cm³/mol. The molecular weight excluding hydrogens is 172 g/mol. The van der Waals surface area contributed by atoms with Crippen molar-refractivity contribution in [2.24, 2.45) is 22.9 Å². The lowest BCUT2D eigenvalue weighted by Gasteiger charge is -2.14. The molecule has 14 heavy (non-hydrogen) atoms. The molecule has 1 aliphatic carbocycles. The van der Waals surface area contributed by atoms with Crippen LogP contribution in [-0.2, 0) is 0 Å². The first kappa shape index (κ1) is 9.91. The van der Waals surface area contributed by atoms with Gasteiger partial charge >= 0.3 is 0 Å². The van der Waals surface area contributed by atoms with E-state index in [9.17, 15) is 0 Å². The minimum atomic E-state index is 0.868. The van der Waals surface area contributed by atoms with Gasteiger partial charge in [-0.3, -0.25) is 0 Å². The molecule has 2 rings (SSSR count). The number of nitrogens with zero attached hydrogens (tertiary/aromatic N) is 1. The number of rotatable bonds is 3. The van der Waals surface area contributed by atoms with Crippen molar-refractivity contribution in [2.75, 3.05) is 6.54 Å². The normalized spacial score (nSPS) is 36.1. The third kappa shape index (κ3) is 2.24. The zero-order valence-corrected chi connectivity index (χ0v) is 9.24. The molecule has 2 heteroatoms. The maximum atomic E-state index is 4.35. The second-order valence-corrected chi connectivity index (χ2v) is 5.02. The lowest BCUT2D eigenvalue weighted by Crippen LogP contribution is -3.02. The average molecular weight is 193 g/mol. The molecule has 1 saturated carbocycles. The molecule has 1 N–H and O–H groups in total. The molecule has 0 spiro atoms. The average Bonchev–Trinajstić information content (AvgIpc) is 2.75. The topological polar surface area (TPSA) is 16.8 Å². The van der Waals surface area contributed by atoms with Gasteiger partial charge in [0.1, 0.15) is 12.7 Å². The summed E-state index contributed by atoms with van der Waals surface area (Å²) in [5.74, 6) is 2.74. The van der Waals surface area contributed by atoms with Gasteiger partial charge in [0.2, 0.25) is 0 Å². The third-order valence-corrected chi connectivity index (χ3v) is 3.64. The van der Waals surface area contributed by atoms with E-state index in [2.05, 4.69) is 25.1 Å². The molecule has 0 amide bonds. The molecule has 1 fully saturated rings. The summed E-state index contributed by atoms with van der Waals surface area (Å²) >= 11 is 0. The largest absolute Gasteiger partial charge is 0.183 e. The van der Waals surface area contributed by atoms with Crippen LogP contribution in [0.25, 0.3) is 0 Å². The smallest absolute Gasteiger partial charge is 0.122 e. The minimum Gasteiger partial charge on any atom is -0.183 e. The van der Waals surface area contributed by atoms with E-state index < -0.39 is 0 Å². The highest BCUT2D eigenvalue weighted by atomic mass is 15.4. The highest BCUT2D eigenvalue weighted by Gasteiger charge is 2.29. The molecule has 2 aliphatic rings. The van der Waals surface area contributed by atoms with Crippen LogP contribution in [0.5, 0.6) is 0 Å². The summed E-state index contributed by atoms with van der Waals surface area (Å²) in [5.41, 5.74) is 0. The van der Waals surface area contributed by atoms with E-state index in [1.165, 1.54) is 30.8 Å². The number of hydrogen-bond acceptors (Lipinski definition) is 1. The molecule has 0 aromatic carbocycles. The van der Waals surface area contributed by atoms with Crippen molar-refractivity contribution in [3.63, 3.8) is 0 Å². The summed E-state index contributed by atoms with van der Waals surface area (Å²) in [6.45, 7) is 5.91. The Hall–Kier alpha value is -0.630. The molecule has 1 aliphatic heterocycles. The first-order chi connectivity index (χ1) is 6.75. The highest BCUT2D eigenvalue weighted by Crippen LogP contribution is 2.34. The summed E-state index contributed by atoms with van der Waals surface area (Å²) in [5, 5.41) is 5.64. The summed E-state index contributed by atoms with van der Waals surface area (Å²) in [6, 6.07) is 0. The molecule has 3 unspecified atom stereocenters. The van der Waals surface area contributed by atoms with E-state index in [1.54, 1.807) is 0 Å². The van der Waals surface area contributed by atoms with Crippen LogP contribution in [0.4, 0.5) is 0 Å². The molecule has 3 atom stereocenters. The van der Waals surface area contributed by atoms with E-state index in [0.717, 1.165) is 17.8 Å². The third-order valence-electron chi connectivity index (χ3n) is 3.64. The Morgan fingerprint density at radius 1 is 1.43 bits per heavy atom. The van der Waals surface area contributed by atoms with Crippen LogP contribution < -0.4 is 5.01 Å². The SMILES string of the molecule is CC(C)C1CCC(C[NH+]2C=CC=N2)C1. The van der Waals surface area contributed by atoms with Crippen molar-refractivity contribution >= 4 is 6.21 Å². The lowest BCUT2D eigenvalue weighted by atomic mass is 9.93. The Bertz CT molecular complexity index is 231. The van der Waals surface area contributed by atoms with Gasteiger partial charge in [0.05, 0.1) is 6.21 Å². The lowest BCUT2D eigenvalue weighted by molar-refractivity contribution is -0.855. The van der Waals surface area contributed by atoms with Gasteiger partial charge in [0.25, 0.3) is 0 Å². The fourth-order valence-corrected chi connectivity index (χ4v) is 2.66. The van der Waals surface area contributed by atoms with Gasteiger partial charge in [-0.2, -0.15) is 5.01 Å². The van der Waals surface area contributed by atoms with Crippen molar-refractivity contribution in [3.8, 4) is 0 Å². The Balaban J connectivity index is 1.78. The zero-order valence-electron chi connectivity index (χ0n) is 9.24. The number of nitrogens with one attached hydrogen (secondary N) is 1. The van der Waals surface area contributed by atoms with Gasteiger partial charge in [-0.05, 0) is 31.1 Å². The highest BCUT2D eigenvalue weighted by molar-refractivity contribution is 5.70. The molecule has 0 bridgehead atoms. The van der Waals surface area contributed by atoms with Crippen LogP contribution in [-0.4, -0.2) is 12.8 Å². The Morgan fingerprint density at radius 3 is 2.86 bits per heavy atom. The van der Waals surface area contributed by atoms with Crippen molar-refractivity contribution in [1.29, 1.82) is 0 Å². The number of allylic oxidation sites excluding steroid dienone is 1. The van der Waals surface area contributed by atoms with Gasteiger partial charge < -0.3 is 0 Å². The van der Waals surface area contributed by atoms with Crippen molar-refractivity contribution in [3.05, 3.63) is 12.3 Å². The van der Waals surface area contributed by atoms with Crippen LogP contribution in [0.1, 0.15) is 33.1 Å². The Labute approximate surface area is 86.7 Å². The first-order valence-electron chi connectivity index (χ1n) is 5.82. The minimum absolute atomic E-state index is 0.868. The molecule has 0 aromatic heterocycles. The van der Waals surface area contributed by atoms with Crippen molar-refractivity contribution < 1.29 is 5.01 Å². The summed E-state index contributed by atoms with van der Waals surface area (Å²) in [6.07, 6.45) is 10.4. The summed E-state index contributed by atoms with van der Waals surface area (Å²) in [7, 11) is 0. The molecular formula is C12H21N2+. The number of hydrogen-bond donors (Lipinski definition) is 1. The van der Waals surface area contributed by atoms with Gasteiger partial charge in [0, 0.05) is 12.0 Å². The molecule has 1 heterocycles. The quantitative estimate of drug-likeness (QED) is 0.699. The Morgan fingerprint density at radius 2 is 2.29 bits per heavy atom.